The number of nitrogens with one attached hydrogen (secondary N) is 1. The number of hydrogen-bond acceptors (Lipinski definition) is 10. The molecule has 4 aromatic carbocycles. The lowest BCUT2D eigenvalue weighted by Gasteiger charge is -2.60. The van der Waals surface area contributed by atoms with Crippen LogP contribution in [0, 0.1) is 17.8 Å². The van der Waals surface area contributed by atoms with Gasteiger partial charge in [0, 0.05) is 44.2 Å². The van der Waals surface area contributed by atoms with Crippen LogP contribution in [0.2, 0.25) is 0 Å². The molecule has 12 heteroatoms. The van der Waals surface area contributed by atoms with E-state index in [1.807, 2.05) is 102 Å². The van der Waals surface area contributed by atoms with Gasteiger partial charge in [0.1, 0.15) is 29.9 Å². The van der Waals surface area contributed by atoms with E-state index in [1.54, 1.807) is 19.3 Å². The molecule has 1 saturated carbocycles. The van der Waals surface area contributed by atoms with Gasteiger partial charge in [0.2, 0.25) is 11.7 Å². The van der Waals surface area contributed by atoms with E-state index in [2.05, 4.69) is 24.9 Å². The second-order valence-electron chi connectivity index (χ2n) is 17.4. The van der Waals surface area contributed by atoms with E-state index in [0.717, 1.165) is 53.5 Å². The molecule has 1 fully saturated rings. The number of allylic oxidation sites excluding steroid dienone is 1. The Balaban J connectivity index is 1.38. The van der Waals surface area contributed by atoms with Crippen LogP contribution in [0.25, 0.3) is 0 Å². The Labute approximate surface area is 389 Å². The van der Waals surface area contributed by atoms with E-state index in [4.69, 9.17) is 28.9 Å². The van der Waals surface area contributed by atoms with Gasteiger partial charge in [-0.3, -0.25) is 4.79 Å². The molecular weight excluding hydrogens is 835 g/mol. The first kappa shape index (κ1) is 48.0. The summed E-state index contributed by atoms with van der Waals surface area (Å²) in [6, 6.07) is 31.9. The van der Waals surface area contributed by atoms with Crippen molar-refractivity contribution in [2.45, 2.75) is 95.6 Å². The van der Waals surface area contributed by atoms with Crippen molar-refractivity contribution in [3.63, 3.8) is 0 Å². The van der Waals surface area contributed by atoms with Crippen LogP contribution in [0.1, 0.15) is 86.5 Å². The van der Waals surface area contributed by atoms with Gasteiger partial charge in [-0.2, -0.15) is 0 Å². The third-order valence-electron chi connectivity index (χ3n) is 13.0. The summed E-state index contributed by atoms with van der Waals surface area (Å²) >= 11 is 0. The quantitative estimate of drug-likeness (QED) is 0.0377. The predicted octanol–water partition coefficient (Wildman–Crippen LogP) is 9.30. The molecule has 2 aliphatic carbocycles. The fourth-order valence-corrected chi connectivity index (χ4v) is 10.1. The molecule has 350 valence electrons. The highest BCUT2D eigenvalue weighted by atomic mass is 16.7. The average molecular weight is 900 g/mol. The van der Waals surface area contributed by atoms with E-state index in [1.165, 1.54) is 0 Å². The van der Waals surface area contributed by atoms with Gasteiger partial charge >= 0.3 is 6.09 Å². The third-order valence-corrected chi connectivity index (χ3v) is 13.0. The predicted molar refractivity (Wildman–Crippen MR) is 254 cm³/mol. The van der Waals surface area contributed by atoms with Gasteiger partial charge in [0.15, 0.2) is 0 Å². The Morgan fingerprint density at radius 2 is 1.62 bits per heavy atom. The molecule has 2 amide bonds. The van der Waals surface area contributed by atoms with E-state index in [-0.39, 0.29) is 62.9 Å². The van der Waals surface area contributed by atoms with E-state index >= 15 is 0 Å². The molecule has 0 spiro atoms. The van der Waals surface area contributed by atoms with Crippen molar-refractivity contribution < 1.29 is 43.6 Å². The Morgan fingerprint density at radius 3 is 2.33 bits per heavy atom. The second-order valence-corrected chi connectivity index (χ2v) is 17.4. The second kappa shape index (κ2) is 23.5. The van der Waals surface area contributed by atoms with Crippen LogP contribution in [0.15, 0.2) is 133 Å². The van der Waals surface area contributed by atoms with Crippen molar-refractivity contribution in [3.8, 4) is 17.2 Å². The zero-order valence-corrected chi connectivity index (χ0v) is 38.3. The van der Waals surface area contributed by atoms with Crippen LogP contribution < -0.4 is 19.5 Å². The maximum atomic E-state index is 15.0. The number of unbranched alkanes of at least 4 members (excludes halogenated alkanes) is 2. The molecule has 4 aromatic rings. The van der Waals surface area contributed by atoms with Crippen LogP contribution in [0.3, 0.4) is 0 Å². The number of benzene rings is 4. The number of methoxy groups -OCH3 is 1. The number of carbonyl (C=O) groups excluding carboxylic acids is 2. The molecule has 3 N–H and O–H groups in total. The Kier molecular flexibility index (Phi) is 17.1. The Hall–Kier alpha value is -5.95. The maximum Gasteiger partial charge on any atom is 0.412 e. The molecule has 0 aromatic heterocycles. The fourth-order valence-electron chi connectivity index (χ4n) is 10.1. The summed E-state index contributed by atoms with van der Waals surface area (Å²) in [5, 5.41) is 27.8. The van der Waals surface area contributed by atoms with Crippen molar-refractivity contribution in [3.05, 3.63) is 150 Å². The average Bonchev–Trinajstić information content (AvgIpc) is 3.34. The largest absolute Gasteiger partial charge is 0.497 e. The minimum Gasteiger partial charge on any atom is -0.497 e. The van der Waals surface area contributed by atoms with Crippen LogP contribution in [0.4, 0.5) is 4.79 Å². The molecule has 66 heavy (non-hydrogen) atoms. The molecule has 0 saturated heterocycles. The van der Waals surface area contributed by atoms with Crippen molar-refractivity contribution in [1.82, 2.24) is 10.2 Å². The standard InChI is InChI=1S/C54H65N3O9/c1-4-27-57(50(60)32-40-21-16-23-42(31-40)62-3)49-35-47(56-64-37-39-19-10-7-11-20-39)45-33-41(22-12-14-28-58)44(24-13-15-29-59)51-46-34-43(65-53(61)55-36-38-17-8-6-9-18-38)25-26-48(46)66-54(49,52(45)51)63-30-5-2/h5-11,16-21,23,25-26,31,33-34,41,44,49,51-52,58-59H,2,4,12-15,22,24,27-30,32,35-37H2,1,3H3,(H,55,61)/t41-,44+,49-,51+,52+,54+/m0/s1. The van der Waals surface area contributed by atoms with Gasteiger partial charge in [-0.05, 0) is 96.5 Å². The maximum absolute atomic E-state index is 15.0. The lowest BCUT2D eigenvalue weighted by molar-refractivity contribution is -0.257. The molecule has 12 nitrogen and oxygen atoms in total. The molecule has 3 aliphatic rings. The first-order valence-corrected chi connectivity index (χ1v) is 23.5. The third kappa shape index (κ3) is 11.3. The first-order valence-electron chi connectivity index (χ1n) is 23.5. The van der Waals surface area contributed by atoms with E-state index in [0.29, 0.717) is 55.3 Å². The lowest BCUT2D eigenvalue weighted by Crippen LogP contribution is -2.70. The SMILES string of the molecule is C=CCO[C@@]12Oc3ccc(OC(=O)NCc4ccccc4)cc3[C@H]3[C@H](CCCCO)[C@@H](CCCCO)C=C(C(=NOCc4ccccc4)C[C@@H]1N(CCC)C(=O)Cc1cccc(OC)c1)[C@H]32. The first-order chi connectivity index (χ1) is 32.3. The molecular formula is C54H65N3O9. The summed E-state index contributed by atoms with van der Waals surface area (Å²) in [7, 11) is 1.61. The summed E-state index contributed by atoms with van der Waals surface area (Å²) in [5.41, 5.74) is 5.22. The van der Waals surface area contributed by atoms with Gasteiger partial charge in [-0.15, -0.1) is 6.58 Å². The number of ether oxygens (including phenoxy) is 4. The van der Waals surface area contributed by atoms with Crippen molar-refractivity contribution in [2.75, 3.05) is 33.5 Å². The lowest BCUT2D eigenvalue weighted by atomic mass is 9.55. The number of nitrogens with zero attached hydrogens (tertiary/aromatic N) is 2. The summed E-state index contributed by atoms with van der Waals surface area (Å²) in [5.74, 6) is -0.684. The highest BCUT2D eigenvalue weighted by Gasteiger charge is 2.65. The van der Waals surface area contributed by atoms with Crippen molar-refractivity contribution in [2.24, 2.45) is 22.9 Å². The topological polar surface area (TPSA) is 148 Å². The molecule has 1 aliphatic heterocycles. The highest BCUT2D eigenvalue weighted by Crippen LogP contribution is 2.62. The molecule has 6 atom stereocenters. The minimum atomic E-state index is -1.42. The summed E-state index contributed by atoms with van der Waals surface area (Å²) in [4.78, 5) is 36.5. The monoisotopic (exact) mass is 899 g/mol. The zero-order chi connectivity index (χ0) is 46.3. The molecule has 0 radical (unpaired) electrons. The number of fused-ring (bicyclic) bond motifs is 2. The highest BCUT2D eigenvalue weighted by molar-refractivity contribution is 6.03. The van der Waals surface area contributed by atoms with Gasteiger partial charge in [0.05, 0.1) is 31.8 Å². The summed E-state index contributed by atoms with van der Waals surface area (Å²) < 4.78 is 26.0. The van der Waals surface area contributed by atoms with E-state index in [9.17, 15) is 19.8 Å². The van der Waals surface area contributed by atoms with Gasteiger partial charge in [0.25, 0.3) is 0 Å². The van der Waals surface area contributed by atoms with Crippen molar-refractivity contribution in [1.29, 1.82) is 0 Å². The zero-order valence-electron chi connectivity index (χ0n) is 38.3. The smallest absolute Gasteiger partial charge is 0.412 e. The normalized spacial score (nSPS) is 22.2. The molecule has 0 unspecified atom stereocenters. The van der Waals surface area contributed by atoms with Crippen LogP contribution in [-0.2, 0) is 33.9 Å². The Bertz CT molecular complexity index is 2280. The van der Waals surface area contributed by atoms with Gasteiger partial charge in [-0.25, -0.2) is 4.79 Å². The fraction of sp³-hybridized carbons (Fsp3) is 0.426. The molecule has 0 bridgehead atoms. The van der Waals surface area contributed by atoms with Crippen LogP contribution in [0.5, 0.6) is 17.2 Å². The van der Waals surface area contributed by atoms with Crippen molar-refractivity contribution >= 4 is 17.7 Å². The number of oxime groups is 1. The number of amides is 2. The summed E-state index contributed by atoms with van der Waals surface area (Å²) in [6.07, 6.45) is 8.95. The van der Waals surface area contributed by atoms with Gasteiger partial charge < -0.3 is 44.2 Å². The Morgan fingerprint density at radius 1 is 0.894 bits per heavy atom. The number of aliphatic hydroxyl groups is 2. The number of rotatable bonds is 23. The van der Waals surface area contributed by atoms with Crippen LogP contribution >= 0.6 is 0 Å². The van der Waals surface area contributed by atoms with Crippen LogP contribution in [-0.4, -0.2) is 78.1 Å². The minimum absolute atomic E-state index is 0.00199. The summed E-state index contributed by atoms with van der Waals surface area (Å²) in [6.45, 7) is 7.38. The number of hydrogen-bond donors (Lipinski definition) is 3. The van der Waals surface area contributed by atoms with E-state index < -0.39 is 23.8 Å². The number of aliphatic hydroxyl groups excluding tert-OH is 2. The molecule has 1 heterocycles. The molecule has 7 rings (SSSR count). The number of carbonyl (C=O) groups is 2. The van der Waals surface area contributed by atoms with Gasteiger partial charge in [-0.1, -0.05) is 110 Å².